The highest BCUT2D eigenvalue weighted by molar-refractivity contribution is 6.46. The van der Waals surface area contributed by atoms with Gasteiger partial charge in [0.2, 0.25) is 0 Å². The Balaban J connectivity index is 1.88. The molecule has 162 valence electrons. The Morgan fingerprint density at radius 1 is 0.875 bits per heavy atom. The van der Waals surface area contributed by atoms with E-state index in [2.05, 4.69) is 5.32 Å². The monoisotopic (exact) mass is 430 g/mol. The molecule has 0 radical (unpaired) electrons. The lowest BCUT2D eigenvalue weighted by Crippen LogP contribution is -2.32. The average Bonchev–Trinajstić information content (AvgIpc) is 3.00. The predicted octanol–water partition coefficient (Wildman–Crippen LogP) is 5.16. The standard InChI is InChI=1S/C26H23FN2O3/c1-15-8-11-22(32-4)21(12-15)28-24-23(18-10-9-16(2)17(3)13-18)25(30)29(26(24)31)20-7-5-6-19(27)14-20/h5-14,28H,1-4H3. The molecule has 0 aliphatic carbocycles. The maximum absolute atomic E-state index is 13.9. The second kappa shape index (κ2) is 8.30. The van der Waals surface area contributed by atoms with Crippen LogP contribution in [0.15, 0.2) is 66.4 Å². The lowest BCUT2D eigenvalue weighted by molar-refractivity contribution is -0.120. The molecule has 1 aliphatic rings. The number of anilines is 2. The van der Waals surface area contributed by atoms with Gasteiger partial charge in [-0.15, -0.1) is 0 Å². The van der Waals surface area contributed by atoms with Gasteiger partial charge in [-0.25, -0.2) is 9.29 Å². The number of hydrogen-bond donors (Lipinski definition) is 1. The van der Waals surface area contributed by atoms with Crippen LogP contribution in [0.25, 0.3) is 5.57 Å². The maximum Gasteiger partial charge on any atom is 0.282 e. The van der Waals surface area contributed by atoms with Crippen LogP contribution in [0.1, 0.15) is 22.3 Å². The van der Waals surface area contributed by atoms with Crippen molar-refractivity contribution in [1.29, 1.82) is 0 Å². The van der Waals surface area contributed by atoms with Crippen molar-refractivity contribution in [2.24, 2.45) is 0 Å². The Hall–Kier alpha value is -3.93. The molecular formula is C26H23FN2O3. The predicted molar refractivity (Wildman–Crippen MR) is 123 cm³/mol. The van der Waals surface area contributed by atoms with Gasteiger partial charge in [0, 0.05) is 0 Å². The molecule has 6 heteroatoms. The molecule has 3 aromatic rings. The number of hydrogen-bond acceptors (Lipinski definition) is 4. The first-order valence-corrected chi connectivity index (χ1v) is 10.2. The molecule has 4 rings (SSSR count). The molecule has 0 atom stereocenters. The van der Waals surface area contributed by atoms with Crippen LogP contribution >= 0.6 is 0 Å². The summed E-state index contributed by atoms with van der Waals surface area (Å²) in [4.78, 5) is 28.0. The summed E-state index contributed by atoms with van der Waals surface area (Å²) in [5.74, 6) is -1.07. The summed E-state index contributed by atoms with van der Waals surface area (Å²) in [7, 11) is 1.54. The van der Waals surface area contributed by atoms with Crippen molar-refractivity contribution in [3.63, 3.8) is 0 Å². The summed E-state index contributed by atoms with van der Waals surface area (Å²) < 4.78 is 19.3. The molecule has 0 saturated heterocycles. The number of methoxy groups -OCH3 is 1. The maximum atomic E-state index is 13.9. The van der Waals surface area contributed by atoms with Crippen LogP contribution < -0.4 is 15.0 Å². The summed E-state index contributed by atoms with van der Waals surface area (Å²) in [5.41, 5.74) is 4.72. The van der Waals surface area contributed by atoms with Crippen LogP contribution in [-0.2, 0) is 9.59 Å². The number of imide groups is 1. The molecule has 3 aromatic carbocycles. The minimum Gasteiger partial charge on any atom is -0.495 e. The van der Waals surface area contributed by atoms with E-state index in [0.717, 1.165) is 21.6 Å². The fraction of sp³-hybridized carbons (Fsp3) is 0.154. The van der Waals surface area contributed by atoms with E-state index in [1.807, 2.05) is 51.1 Å². The molecule has 32 heavy (non-hydrogen) atoms. The van der Waals surface area contributed by atoms with Gasteiger partial charge >= 0.3 is 0 Å². The molecule has 2 amide bonds. The van der Waals surface area contributed by atoms with E-state index in [-0.39, 0.29) is 17.0 Å². The highest BCUT2D eigenvalue weighted by Gasteiger charge is 2.40. The highest BCUT2D eigenvalue weighted by Crippen LogP contribution is 2.36. The number of ether oxygens (including phenoxy) is 1. The van der Waals surface area contributed by atoms with Gasteiger partial charge in [-0.2, -0.15) is 0 Å². The van der Waals surface area contributed by atoms with E-state index in [0.29, 0.717) is 17.0 Å². The topological polar surface area (TPSA) is 58.6 Å². The van der Waals surface area contributed by atoms with Crippen molar-refractivity contribution < 1.29 is 18.7 Å². The molecule has 0 spiro atoms. The smallest absolute Gasteiger partial charge is 0.282 e. The van der Waals surface area contributed by atoms with Crippen molar-refractivity contribution in [3.8, 4) is 5.75 Å². The van der Waals surface area contributed by atoms with E-state index in [9.17, 15) is 14.0 Å². The number of carbonyl (C=O) groups excluding carboxylic acids is 2. The number of halogens is 1. The van der Waals surface area contributed by atoms with Crippen molar-refractivity contribution in [3.05, 3.63) is 94.4 Å². The van der Waals surface area contributed by atoms with Crippen molar-refractivity contribution in [2.75, 3.05) is 17.3 Å². The molecule has 0 bridgehead atoms. The molecule has 1 aliphatic heterocycles. The Labute approximate surface area is 186 Å². The van der Waals surface area contributed by atoms with Crippen molar-refractivity contribution >= 4 is 28.8 Å². The Bertz CT molecular complexity index is 1280. The van der Waals surface area contributed by atoms with Crippen LogP contribution in [-0.4, -0.2) is 18.9 Å². The molecule has 1 heterocycles. The number of amides is 2. The Kier molecular flexibility index (Phi) is 5.53. The molecule has 5 nitrogen and oxygen atoms in total. The van der Waals surface area contributed by atoms with E-state index in [1.165, 1.54) is 31.4 Å². The van der Waals surface area contributed by atoms with Crippen LogP contribution in [0.5, 0.6) is 5.75 Å². The second-order valence-corrected chi connectivity index (χ2v) is 7.80. The van der Waals surface area contributed by atoms with Crippen molar-refractivity contribution in [2.45, 2.75) is 20.8 Å². The van der Waals surface area contributed by atoms with Gasteiger partial charge in [-0.1, -0.05) is 30.3 Å². The van der Waals surface area contributed by atoms with Gasteiger partial charge in [0.1, 0.15) is 17.3 Å². The lowest BCUT2D eigenvalue weighted by atomic mass is 9.99. The van der Waals surface area contributed by atoms with E-state index >= 15 is 0 Å². The Morgan fingerprint density at radius 3 is 2.34 bits per heavy atom. The van der Waals surface area contributed by atoms with Gasteiger partial charge in [0.25, 0.3) is 11.8 Å². The number of nitrogens with zero attached hydrogens (tertiary/aromatic N) is 1. The fourth-order valence-corrected chi connectivity index (χ4v) is 3.71. The Morgan fingerprint density at radius 2 is 1.66 bits per heavy atom. The van der Waals surface area contributed by atoms with Gasteiger partial charge < -0.3 is 10.1 Å². The molecule has 0 aromatic heterocycles. The SMILES string of the molecule is COc1ccc(C)cc1NC1=C(c2ccc(C)c(C)c2)C(=O)N(c2cccc(F)c2)C1=O. The zero-order valence-electron chi connectivity index (χ0n) is 18.3. The first-order valence-electron chi connectivity index (χ1n) is 10.2. The lowest BCUT2D eigenvalue weighted by Gasteiger charge is -2.16. The summed E-state index contributed by atoms with van der Waals surface area (Å²) in [6.45, 7) is 5.84. The number of rotatable bonds is 5. The summed E-state index contributed by atoms with van der Waals surface area (Å²) in [6, 6.07) is 16.6. The van der Waals surface area contributed by atoms with Gasteiger partial charge in [0.15, 0.2) is 0 Å². The summed E-state index contributed by atoms with van der Waals surface area (Å²) in [5, 5.41) is 3.13. The van der Waals surface area contributed by atoms with Gasteiger partial charge in [-0.05, 0) is 73.4 Å². The third-order valence-corrected chi connectivity index (χ3v) is 5.56. The summed E-state index contributed by atoms with van der Waals surface area (Å²) in [6.07, 6.45) is 0. The number of nitrogens with one attached hydrogen (secondary N) is 1. The zero-order valence-corrected chi connectivity index (χ0v) is 18.3. The largest absolute Gasteiger partial charge is 0.495 e. The third kappa shape index (κ3) is 3.75. The molecule has 0 unspecified atom stereocenters. The average molecular weight is 430 g/mol. The quantitative estimate of drug-likeness (QED) is 0.569. The first kappa shape index (κ1) is 21.3. The van der Waals surface area contributed by atoms with Crippen molar-refractivity contribution in [1.82, 2.24) is 0 Å². The molecule has 1 N–H and O–H groups in total. The zero-order chi connectivity index (χ0) is 23.0. The summed E-state index contributed by atoms with van der Waals surface area (Å²) >= 11 is 0. The number of benzene rings is 3. The minimum atomic E-state index is -0.558. The minimum absolute atomic E-state index is 0.117. The first-order chi connectivity index (χ1) is 15.3. The van der Waals surface area contributed by atoms with Crippen LogP contribution in [0.2, 0.25) is 0 Å². The van der Waals surface area contributed by atoms with Crippen LogP contribution in [0.4, 0.5) is 15.8 Å². The van der Waals surface area contributed by atoms with E-state index in [1.54, 1.807) is 6.07 Å². The molecule has 0 fully saturated rings. The van der Waals surface area contributed by atoms with Gasteiger partial charge in [0.05, 0.1) is 24.1 Å². The van der Waals surface area contributed by atoms with Crippen LogP contribution in [0, 0.1) is 26.6 Å². The van der Waals surface area contributed by atoms with E-state index in [4.69, 9.17) is 4.74 Å². The second-order valence-electron chi connectivity index (χ2n) is 7.80. The number of carbonyl (C=O) groups is 2. The highest BCUT2D eigenvalue weighted by atomic mass is 19.1. The fourth-order valence-electron chi connectivity index (χ4n) is 3.71. The molecular weight excluding hydrogens is 407 g/mol. The number of aryl methyl sites for hydroxylation is 3. The van der Waals surface area contributed by atoms with E-state index < -0.39 is 17.6 Å². The molecule has 0 saturated carbocycles. The van der Waals surface area contributed by atoms with Gasteiger partial charge in [-0.3, -0.25) is 9.59 Å². The van der Waals surface area contributed by atoms with Crippen LogP contribution in [0.3, 0.4) is 0 Å². The third-order valence-electron chi connectivity index (χ3n) is 5.56. The normalized spacial score (nSPS) is 13.7.